The molecule has 0 saturated heterocycles. The highest BCUT2D eigenvalue weighted by atomic mass is 32.2. The van der Waals surface area contributed by atoms with Crippen LogP contribution in [0.4, 0.5) is 5.69 Å². The number of carbonyl (C=O) groups is 3. The molecule has 0 aliphatic carbocycles. The van der Waals surface area contributed by atoms with E-state index >= 15 is 0 Å². The first-order valence-electron chi connectivity index (χ1n) is 9.87. The molecule has 0 aromatic heterocycles. The predicted octanol–water partition coefficient (Wildman–Crippen LogP) is 5.34. The van der Waals surface area contributed by atoms with Crippen molar-refractivity contribution in [2.45, 2.75) is 25.5 Å². The minimum atomic E-state index is -1.02. The molecule has 31 heavy (non-hydrogen) atoms. The maximum atomic E-state index is 12.5. The Hall–Kier alpha value is -3.38. The van der Waals surface area contributed by atoms with Crippen LogP contribution >= 0.6 is 11.8 Å². The van der Waals surface area contributed by atoms with Crippen LogP contribution in [-0.2, 0) is 17.0 Å². The Morgan fingerprint density at radius 1 is 0.871 bits per heavy atom. The lowest BCUT2D eigenvalue weighted by Gasteiger charge is -2.12. The monoisotopic (exact) mass is 433 g/mol. The number of hydrogen-bond acceptors (Lipinski definition) is 4. The van der Waals surface area contributed by atoms with Gasteiger partial charge in [0.05, 0.1) is 5.56 Å². The van der Waals surface area contributed by atoms with Crippen LogP contribution in [0, 0.1) is 6.92 Å². The number of anilines is 1. The van der Waals surface area contributed by atoms with Crippen molar-refractivity contribution in [2.75, 3.05) is 5.32 Å². The van der Waals surface area contributed by atoms with Crippen LogP contribution in [-0.4, -0.2) is 22.1 Å². The van der Waals surface area contributed by atoms with E-state index in [9.17, 15) is 19.5 Å². The van der Waals surface area contributed by atoms with Gasteiger partial charge in [-0.2, -0.15) is 0 Å². The molecule has 0 fully saturated rings. The highest BCUT2D eigenvalue weighted by Crippen LogP contribution is 2.22. The van der Waals surface area contributed by atoms with Crippen molar-refractivity contribution in [1.82, 2.24) is 0 Å². The summed E-state index contributed by atoms with van der Waals surface area (Å²) in [7, 11) is 0. The normalized spacial score (nSPS) is 10.5. The molecule has 0 aliphatic heterocycles. The summed E-state index contributed by atoms with van der Waals surface area (Å²) in [4.78, 5) is 36.1. The number of hydrogen-bond donors (Lipinski definition) is 2. The predicted molar refractivity (Wildman–Crippen MR) is 124 cm³/mol. The van der Waals surface area contributed by atoms with E-state index in [1.165, 1.54) is 17.8 Å². The molecule has 2 N–H and O–H groups in total. The second kappa shape index (κ2) is 10.6. The molecule has 0 heterocycles. The SMILES string of the molecule is Cc1c(NC(=O)CCc2ccccc2CSC(=O)c2ccccc2)cccc1C(=O)O. The summed E-state index contributed by atoms with van der Waals surface area (Å²) in [6.07, 6.45) is 0.783. The average molecular weight is 434 g/mol. The molecule has 5 nitrogen and oxygen atoms in total. The number of nitrogens with one attached hydrogen (secondary N) is 1. The highest BCUT2D eigenvalue weighted by molar-refractivity contribution is 8.13. The van der Waals surface area contributed by atoms with E-state index < -0.39 is 5.97 Å². The van der Waals surface area contributed by atoms with Crippen LogP contribution < -0.4 is 5.32 Å². The Labute approximate surface area is 185 Å². The Kier molecular flexibility index (Phi) is 7.62. The minimum Gasteiger partial charge on any atom is -0.478 e. The summed E-state index contributed by atoms with van der Waals surface area (Å²) in [6, 6.07) is 21.8. The fraction of sp³-hybridized carbons (Fsp3) is 0.160. The van der Waals surface area contributed by atoms with Crippen molar-refractivity contribution >= 4 is 34.4 Å². The number of carboxylic acids is 1. The van der Waals surface area contributed by atoms with Gasteiger partial charge in [-0.3, -0.25) is 9.59 Å². The van der Waals surface area contributed by atoms with Gasteiger partial charge >= 0.3 is 5.97 Å². The Morgan fingerprint density at radius 2 is 1.55 bits per heavy atom. The van der Waals surface area contributed by atoms with Gasteiger partial charge in [-0.25, -0.2) is 4.79 Å². The average Bonchev–Trinajstić information content (AvgIpc) is 2.78. The lowest BCUT2D eigenvalue weighted by molar-refractivity contribution is -0.116. The Morgan fingerprint density at radius 3 is 2.26 bits per heavy atom. The van der Waals surface area contributed by atoms with Crippen molar-refractivity contribution in [1.29, 1.82) is 0 Å². The van der Waals surface area contributed by atoms with Gasteiger partial charge in [0, 0.05) is 23.4 Å². The quantitative estimate of drug-likeness (QED) is 0.501. The van der Waals surface area contributed by atoms with Crippen LogP contribution in [0.15, 0.2) is 72.8 Å². The second-order valence-corrected chi connectivity index (χ2v) is 7.99. The summed E-state index contributed by atoms with van der Waals surface area (Å²) >= 11 is 1.24. The number of benzene rings is 3. The molecule has 0 spiro atoms. The first-order chi connectivity index (χ1) is 15.0. The number of aromatic carboxylic acids is 1. The van der Waals surface area contributed by atoms with Crippen LogP contribution in [0.5, 0.6) is 0 Å². The van der Waals surface area contributed by atoms with Gasteiger partial charge in [0.25, 0.3) is 0 Å². The van der Waals surface area contributed by atoms with Crippen LogP contribution in [0.3, 0.4) is 0 Å². The lowest BCUT2D eigenvalue weighted by atomic mass is 10.0. The molecule has 158 valence electrons. The zero-order valence-electron chi connectivity index (χ0n) is 17.1. The number of thioether (sulfide) groups is 1. The molecule has 3 aromatic carbocycles. The van der Waals surface area contributed by atoms with Crippen LogP contribution in [0.1, 0.15) is 43.8 Å². The van der Waals surface area contributed by atoms with Crippen molar-refractivity contribution in [3.05, 3.63) is 101 Å². The van der Waals surface area contributed by atoms with Crippen molar-refractivity contribution in [3.8, 4) is 0 Å². The lowest BCUT2D eigenvalue weighted by Crippen LogP contribution is -2.14. The molecule has 0 atom stereocenters. The fourth-order valence-corrected chi connectivity index (χ4v) is 4.08. The van der Waals surface area contributed by atoms with Gasteiger partial charge in [0.2, 0.25) is 11.0 Å². The van der Waals surface area contributed by atoms with Gasteiger partial charge in [0.1, 0.15) is 0 Å². The van der Waals surface area contributed by atoms with Gasteiger partial charge < -0.3 is 10.4 Å². The summed E-state index contributed by atoms with van der Waals surface area (Å²) in [6.45, 7) is 1.68. The first-order valence-corrected chi connectivity index (χ1v) is 10.9. The summed E-state index contributed by atoms with van der Waals surface area (Å²) in [5.74, 6) is -0.677. The van der Waals surface area contributed by atoms with E-state index in [2.05, 4.69) is 5.32 Å². The van der Waals surface area contributed by atoms with Gasteiger partial charge in [-0.05, 0) is 42.2 Å². The number of aryl methyl sites for hydroxylation is 1. The first kappa shape index (κ1) is 22.3. The smallest absolute Gasteiger partial charge is 0.336 e. The number of amides is 1. The molecule has 1 amide bonds. The van der Waals surface area contributed by atoms with Crippen molar-refractivity contribution in [3.63, 3.8) is 0 Å². The van der Waals surface area contributed by atoms with E-state index in [0.29, 0.717) is 29.0 Å². The molecule has 0 unspecified atom stereocenters. The molecule has 0 saturated carbocycles. The fourth-order valence-electron chi connectivity index (χ4n) is 3.21. The molecule has 6 heteroatoms. The van der Waals surface area contributed by atoms with Crippen LogP contribution in [0.2, 0.25) is 0 Å². The van der Waals surface area contributed by atoms with Crippen molar-refractivity contribution < 1.29 is 19.5 Å². The molecule has 0 bridgehead atoms. The molecular formula is C25H23NO4S. The van der Waals surface area contributed by atoms with E-state index in [4.69, 9.17) is 0 Å². The summed E-state index contributed by atoms with van der Waals surface area (Å²) < 4.78 is 0. The third-order valence-electron chi connectivity index (χ3n) is 4.95. The molecule has 3 rings (SSSR count). The topological polar surface area (TPSA) is 83.5 Å². The summed E-state index contributed by atoms with van der Waals surface area (Å²) in [5.41, 5.74) is 3.91. The third-order valence-corrected chi connectivity index (χ3v) is 5.90. The highest BCUT2D eigenvalue weighted by Gasteiger charge is 2.13. The third kappa shape index (κ3) is 6.06. The largest absolute Gasteiger partial charge is 0.478 e. The van der Waals surface area contributed by atoms with E-state index in [0.717, 1.165) is 11.1 Å². The van der Waals surface area contributed by atoms with Gasteiger partial charge in [-0.15, -0.1) is 0 Å². The molecule has 3 aromatic rings. The van der Waals surface area contributed by atoms with E-state index in [1.807, 2.05) is 42.5 Å². The van der Waals surface area contributed by atoms with E-state index in [-0.39, 0.29) is 23.0 Å². The van der Waals surface area contributed by atoms with Gasteiger partial charge in [-0.1, -0.05) is 72.4 Å². The second-order valence-electron chi connectivity index (χ2n) is 7.04. The molecule has 0 radical (unpaired) electrons. The number of rotatable bonds is 8. The Bertz CT molecular complexity index is 1100. The standard InChI is InChI=1S/C25H23NO4S/c1-17-21(24(28)29)12-7-13-22(17)26-23(27)15-14-18-8-5-6-11-20(18)16-31-25(30)19-9-3-2-4-10-19/h2-13H,14-16H2,1H3,(H,26,27)(H,28,29). The maximum Gasteiger partial charge on any atom is 0.336 e. The molecular weight excluding hydrogens is 410 g/mol. The zero-order chi connectivity index (χ0) is 22.2. The van der Waals surface area contributed by atoms with Crippen LogP contribution in [0.25, 0.3) is 0 Å². The van der Waals surface area contributed by atoms with E-state index in [1.54, 1.807) is 31.2 Å². The number of carboxylic acid groups (broad SMARTS) is 1. The summed E-state index contributed by atoms with van der Waals surface area (Å²) in [5, 5.41) is 12.1. The zero-order valence-corrected chi connectivity index (χ0v) is 17.9. The Balaban J connectivity index is 1.60. The number of carbonyl (C=O) groups excluding carboxylic acids is 2. The molecule has 0 aliphatic rings. The van der Waals surface area contributed by atoms with Crippen molar-refractivity contribution in [2.24, 2.45) is 0 Å². The van der Waals surface area contributed by atoms with Gasteiger partial charge in [0.15, 0.2) is 0 Å². The minimum absolute atomic E-state index is 0.0157. The maximum absolute atomic E-state index is 12.5.